The number of H-pyrrole nitrogens is 1. The zero-order valence-electron chi connectivity index (χ0n) is 14.7. The first kappa shape index (κ1) is 17.4. The fourth-order valence-electron chi connectivity index (χ4n) is 2.68. The summed E-state index contributed by atoms with van der Waals surface area (Å²) in [6, 6.07) is 12.3. The molecule has 1 heterocycles. The second-order valence-electron chi connectivity index (χ2n) is 5.58. The minimum atomic E-state index is -0.300. The molecule has 0 spiro atoms. The SMILES string of the molecule is COc1ccc(OC)c(C(C)NC(=O)c2ccccc2-c2nn[nH]n2)c1. The summed E-state index contributed by atoms with van der Waals surface area (Å²) in [5, 5.41) is 16.8. The molecule has 0 aliphatic rings. The van der Waals surface area contributed by atoms with E-state index >= 15 is 0 Å². The van der Waals surface area contributed by atoms with Crippen molar-refractivity contribution in [3.05, 3.63) is 53.6 Å². The molecule has 134 valence electrons. The number of nitrogens with one attached hydrogen (secondary N) is 2. The average Bonchev–Trinajstić information content (AvgIpc) is 3.22. The number of hydrogen-bond donors (Lipinski definition) is 2. The molecule has 0 saturated carbocycles. The van der Waals surface area contributed by atoms with E-state index < -0.39 is 0 Å². The fraction of sp³-hybridized carbons (Fsp3) is 0.222. The number of hydrogen-bond acceptors (Lipinski definition) is 6. The normalized spacial score (nSPS) is 11.7. The molecule has 2 aromatic carbocycles. The van der Waals surface area contributed by atoms with E-state index in [1.54, 1.807) is 32.4 Å². The number of rotatable bonds is 6. The van der Waals surface area contributed by atoms with E-state index in [1.807, 2.05) is 31.2 Å². The van der Waals surface area contributed by atoms with Gasteiger partial charge < -0.3 is 14.8 Å². The summed E-state index contributed by atoms with van der Waals surface area (Å²) in [5.41, 5.74) is 1.88. The minimum Gasteiger partial charge on any atom is -0.497 e. The first-order valence-electron chi connectivity index (χ1n) is 7.99. The van der Waals surface area contributed by atoms with Crippen LogP contribution in [0.1, 0.15) is 28.9 Å². The molecule has 1 unspecified atom stereocenters. The Morgan fingerprint density at radius 1 is 1.15 bits per heavy atom. The van der Waals surface area contributed by atoms with E-state index in [1.165, 1.54) is 0 Å². The Kier molecular flexibility index (Phi) is 5.12. The fourth-order valence-corrected chi connectivity index (χ4v) is 2.68. The highest BCUT2D eigenvalue weighted by Gasteiger charge is 2.19. The van der Waals surface area contributed by atoms with Crippen LogP contribution in [0.5, 0.6) is 11.5 Å². The molecule has 8 nitrogen and oxygen atoms in total. The van der Waals surface area contributed by atoms with Crippen molar-refractivity contribution in [2.45, 2.75) is 13.0 Å². The van der Waals surface area contributed by atoms with Crippen LogP contribution in [0.25, 0.3) is 11.4 Å². The monoisotopic (exact) mass is 353 g/mol. The highest BCUT2D eigenvalue weighted by Crippen LogP contribution is 2.29. The molecular formula is C18H19N5O3. The number of carbonyl (C=O) groups excluding carboxylic acids is 1. The maximum absolute atomic E-state index is 12.8. The van der Waals surface area contributed by atoms with Crippen LogP contribution >= 0.6 is 0 Å². The summed E-state index contributed by atoms with van der Waals surface area (Å²) in [6.07, 6.45) is 0. The Labute approximate surface area is 150 Å². The molecule has 0 saturated heterocycles. The molecule has 26 heavy (non-hydrogen) atoms. The summed E-state index contributed by atoms with van der Waals surface area (Å²) >= 11 is 0. The number of benzene rings is 2. The lowest BCUT2D eigenvalue weighted by Gasteiger charge is -2.19. The largest absolute Gasteiger partial charge is 0.497 e. The average molecular weight is 353 g/mol. The van der Waals surface area contributed by atoms with E-state index in [2.05, 4.69) is 25.9 Å². The van der Waals surface area contributed by atoms with E-state index in [4.69, 9.17) is 9.47 Å². The van der Waals surface area contributed by atoms with Crippen molar-refractivity contribution >= 4 is 5.91 Å². The zero-order valence-corrected chi connectivity index (χ0v) is 14.7. The van der Waals surface area contributed by atoms with Gasteiger partial charge in [-0.15, -0.1) is 10.2 Å². The molecular weight excluding hydrogens is 334 g/mol. The lowest BCUT2D eigenvalue weighted by Crippen LogP contribution is -2.27. The number of aromatic nitrogens is 4. The van der Waals surface area contributed by atoms with Crippen molar-refractivity contribution in [3.63, 3.8) is 0 Å². The van der Waals surface area contributed by atoms with Crippen molar-refractivity contribution in [1.29, 1.82) is 0 Å². The van der Waals surface area contributed by atoms with Crippen LogP contribution in [0.15, 0.2) is 42.5 Å². The van der Waals surface area contributed by atoms with Crippen molar-refractivity contribution < 1.29 is 14.3 Å². The summed E-state index contributed by atoms with van der Waals surface area (Å²) < 4.78 is 10.7. The molecule has 0 aliphatic heterocycles. The third-order valence-corrected chi connectivity index (χ3v) is 4.01. The Morgan fingerprint density at radius 2 is 1.96 bits per heavy atom. The number of tetrazole rings is 1. The molecule has 3 aromatic rings. The third kappa shape index (κ3) is 3.49. The molecule has 8 heteroatoms. The lowest BCUT2D eigenvalue weighted by atomic mass is 10.0. The van der Waals surface area contributed by atoms with Gasteiger partial charge in [0.1, 0.15) is 11.5 Å². The Hall–Kier alpha value is -3.42. The van der Waals surface area contributed by atoms with Crippen LogP contribution in [0, 0.1) is 0 Å². The van der Waals surface area contributed by atoms with E-state index in [9.17, 15) is 4.79 Å². The molecule has 0 fully saturated rings. The van der Waals surface area contributed by atoms with E-state index in [0.717, 1.165) is 5.56 Å². The van der Waals surface area contributed by atoms with Crippen LogP contribution in [0.2, 0.25) is 0 Å². The zero-order chi connectivity index (χ0) is 18.5. The first-order valence-corrected chi connectivity index (χ1v) is 7.99. The van der Waals surface area contributed by atoms with Gasteiger partial charge in [-0.25, -0.2) is 0 Å². The van der Waals surface area contributed by atoms with Crippen molar-refractivity contribution in [1.82, 2.24) is 25.9 Å². The van der Waals surface area contributed by atoms with Crippen molar-refractivity contribution in [2.24, 2.45) is 0 Å². The van der Waals surface area contributed by atoms with Gasteiger partial charge in [-0.2, -0.15) is 5.21 Å². The van der Waals surface area contributed by atoms with E-state index in [-0.39, 0.29) is 11.9 Å². The Morgan fingerprint density at radius 3 is 2.65 bits per heavy atom. The number of ether oxygens (including phenoxy) is 2. The quantitative estimate of drug-likeness (QED) is 0.705. The van der Waals surface area contributed by atoms with E-state index in [0.29, 0.717) is 28.5 Å². The molecule has 1 aromatic heterocycles. The van der Waals surface area contributed by atoms with Gasteiger partial charge in [-0.05, 0) is 36.4 Å². The second kappa shape index (κ2) is 7.64. The standard InChI is InChI=1S/C18H19N5O3/c1-11(15-10-12(25-2)8-9-16(15)26-3)19-18(24)14-7-5-4-6-13(14)17-20-22-23-21-17/h4-11H,1-3H3,(H,19,24)(H,20,21,22,23). The predicted octanol–water partition coefficient (Wildman–Crippen LogP) is 2.37. The minimum absolute atomic E-state index is 0.247. The topological polar surface area (TPSA) is 102 Å². The van der Waals surface area contributed by atoms with Gasteiger partial charge in [-0.3, -0.25) is 4.79 Å². The molecule has 0 bridgehead atoms. The van der Waals surface area contributed by atoms with Crippen LogP contribution in [0.4, 0.5) is 0 Å². The van der Waals surface area contributed by atoms with Gasteiger partial charge >= 0.3 is 0 Å². The molecule has 0 radical (unpaired) electrons. The maximum Gasteiger partial charge on any atom is 0.252 e. The van der Waals surface area contributed by atoms with Crippen LogP contribution in [0.3, 0.4) is 0 Å². The van der Waals surface area contributed by atoms with Gasteiger partial charge in [0.15, 0.2) is 0 Å². The Bertz CT molecular complexity index is 896. The third-order valence-electron chi connectivity index (χ3n) is 4.01. The van der Waals surface area contributed by atoms with Crippen LogP contribution in [-0.4, -0.2) is 40.8 Å². The van der Waals surface area contributed by atoms with Crippen LogP contribution in [-0.2, 0) is 0 Å². The Balaban J connectivity index is 1.87. The molecule has 1 amide bonds. The number of methoxy groups -OCH3 is 2. The second-order valence-corrected chi connectivity index (χ2v) is 5.58. The lowest BCUT2D eigenvalue weighted by molar-refractivity contribution is 0.0940. The summed E-state index contributed by atoms with van der Waals surface area (Å²) in [5.74, 6) is 1.48. The molecule has 1 atom stereocenters. The van der Waals surface area contributed by atoms with Crippen molar-refractivity contribution in [3.8, 4) is 22.9 Å². The number of aromatic amines is 1. The van der Waals surface area contributed by atoms with Gasteiger partial charge in [0.2, 0.25) is 5.82 Å². The highest BCUT2D eigenvalue weighted by molar-refractivity contribution is 6.00. The van der Waals surface area contributed by atoms with Gasteiger partial charge in [-0.1, -0.05) is 18.2 Å². The van der Waals surface area contributed by atoms with Gasteiger partial charge in [0, 0.05) is 11.1 Å². The smallest absolute Gasteiger partial charge is 0.252 e. The number of nitrogens with zero attached hydrogens (tertiary/aromatic N) is 3. The number of amides is 1. The highest BCUT2D eigenvalue weighted by atomic mass is 16.5. The number of carbonyl (C=O) groups is 1. The summed E-state index contributed by atoms with van der Waals surface area (Å²) in [7, 11) is 3.18. The maximum atomic E-state index is 12.8. The molecule has 2 N–H and O–H groups in total. The van der Waals surface area contributed by atoms with Crippen molar-refractivity contribution in [2.75, 3.05) is 14.2 Å². The van der Waals surface area contributed by atoms with Crippen LogP contribution < -0.4 is 14.8 Å². The predicted molar refractivity (Wildman–Crippen MR) is 95.0 cm³/mol. The van der Waals surface area contributed by atoms with Gasteiger partial charge in [0.05, 0.1) is 25.8 Å². The molecule has 0 aliphatic carbocycles. The van der Waals surface area contributed by atoms with Gasteiger partial charge in [0.25, 0.3) is 5.91 Å². The summed E-state index contributed by atoms with van der Waals surface area (Å²) in [4.78, 5) is 12.8. The summed E-state index contributed by atoms with van der Waals surface area (Å²) in [6.45, 7) is 1.88. The first-order chi connectivity index (χ1) is 12.6. The molecule has 3 rings (SSSR count).